The molecule has 0 radical (unpaired) electrons. The molecule has 0 saturated heterocycles. The first-order valence-corrected chi connectivity index (χ1v) is 5.68. The van der Waals surface area contributed by atoms with E-state index in [-0.39, 0.29) is 11.9 Å². The summed E-state index contributed by atoms with van der Waals surface area (Å²) in [7, 11) is 3.35. The molecule has 2 N–H and O–H groups in total. The Labute approximate surface area is 105 Å². The summed E-state index contributed by atoms with van der Waals surface area (Å²) in [5, 5.41) is 4.25. The minimum absolute atomic E-state index is 0.240. The Hall–Kier alpha value is -1.88. The van der Waals surface area contributed by atoms with Crippen molar-refractivity contribution in [3.05, 3.63) is 47.4 Å². The third-order valence-electron chi connectivity index (χ3n) is 2.84. The maximum atomic E-state index is 13.5. The minimum atomic E-state index is -0.350. The molecule has 0 aliphatic rings. The molecular weight excluding hydrogens is 233 g/mol. The Balaban J connectivity index is 2.16. The average Bonchev–Trinajstić information content (AvgIpc) is 2.73. The molecule has 0 spiro atoms. The number of ether oxygens (including phenoxy) is 1. The summed E-state index contributed by atoms with van der Waals surface area (Å²) in [6.07, 6.45) is 0.410. The molecule has 5 heteroatoms. The summed E-state index contributed by atoms with van der Waals surface area (Å²) < 4.78 is 20.2. The molecule has 0 saturated carbocycles. The SMILES string of the molecule is COc1cc(C(N)Cc2ccccc2F)nn1C. The first kappa shape index (κ1) is 12.6. The second-order valence-corrected chi connectivity index (χ2v) is 4.14. The lowest BCUT2D eigenvalue weighted by molar-refractivity contribution is 0.373. The van der Waals surface area contributed by atoms with E-state index in [2.05, 4.69) is 5.10 Å². The van der Waals surface area contributed by atoms with Crippen molar-refractivity contribution in [2.45, 2.75) is 12.5 Å². The number of halogens is 1. The van der Waals surface area contributed by atoms with Gasteiger partial charge in [-0.1, -0.05) is 18.2 Å². The maximum absolute atomic E-state index is 13.5. The number of hydrogen-bond acceptors (Lipinski definition) is 3. The zero-order valence-corrected chi connectivity index (χ0v) is 10.4. The zero-order chi connectivity index (χ0) is 13.1. The number of aromatic nitrogens is 2. The molecule has 4 nitrogen and oxygen atoms in total. The molecule has 1 heterocycles. The largest absolute Gasteiger partial charge is 0.481 e. The van der Waals surface area contributed by atoms with Crippen molar-refractivity contribution < 1.29 is 9.13 Å². The van der Waals surface area contributed by atoms with Crippen LogP contribution in [0.5, 0.6) is 5.88 Å². The summed E-state index contributed by atoms with van der Waals surface area (Å²) in [6.45, 7) is 0. The van der Waals surface area contributed by atoms with Crippen molar-refractivity contribution in [1.29, 1.82) is 0 Å². The molecule has 18 heavy (non-hydrogen) atoms. The van der Waals surface area contributed by atoms with E-state index in [0.717, 1.165) is 0 Å². The Morgan fingerprint density at radius 2 is 2.17 bits per heavy atom. The van der Waals surface area contributed by atoms with Crippen LogP contribution in [0.15, 0.2) is 30.3 Å². The Morgan fingerprint density at radius 1 is 1.44 bits per heavy atom. The number of methoxy groups -OCH3 is 1. The van der Waals surface area contributed by atoms with Crippen LogP contribution in [0.4, 0.5) is 4.39 Å². The molecule has 2 aromatic rings. The molecule has 1 unspecified atom stereocenters. The van der Waals surface area contributed by atoms with E-state index in [1.165, 1.54) is 6.07 Å². The molecule has 0 fully saturated rings. The van der Waals surface area contributed by atoms with Crippen LogP contribution in [-0.4, -0.2) is 16.9 Å². The van der Waals surface area contributed by atoms with Crippen LogP contribution in [0, 0.1) is 5.82 Å². The van der Waals surface area contributed by atoms with Crippen LogP contribution in [0.1, 0.15) is 17.3 Å². The summed E-state index contributed by atoms with van der Waals surface area (Å²) in [5.41, 5.74) is 7.32. The number of nitrogens with two attached hydrogens (primary N) is 1. The quantitative estimate of drug-likeness (QED) is 0.899. The molecule has 0 amide bonds. The van der Waals surface area contributed by atoms with Gasteiger partial charge in [-0.15, -0.1) is 0 Å². The van der Waals surface area contributed by atoms with Gasteiger partial charge in [-0.05, 0) is 18.1 Å². The number of rotatable bonds is 4. The standard InChI is InChI=1S/C13H16FN3O/c1-17-13(18-2)8-12(16-17)11(15)7-9-5-3-4-6-10(9)14/h3-6,8,11H,7,15H2,1-2H3. The van der Waals surface area contributed by atoms with Crippen LogP contribution < -0.4 is 10.5 Å². The Kier molecular flexibility index (Phi) is 3.62. The van der Waals surface area contributed by atoms with Gasteiger partial charge in [0.2, 0.25) is 5.88 Å². The van der Waals surface area contributed by atoms with Crippen LogP contribution in [0.3, 0.4) is 0 Å². The second-order valence-electron chi connectivity index (χ2n) is 4.14. The van der Waals surface area contributed by atoms with E-state index < -0.39 is 0 Å². The van der Waals surface area contributed by atoms with Crippen LogP contribution in [-0.2, 0) is 13.5 Å². The predicted molar refractivity (Wildman–Crippen MR) is 66.8 cm³/mol. The van der Waals surface area contributed by atoms with Gasteiger partial charge in [-0.3, -0.25) is 0 Å². The normalized spacial score (nSPS) is 12.4. The minimum Gasteiger partial charge on any atom is -0.481 e. The lowest BCUT2D eigenvalue weighted by Gasteiger charge is -2.09. The molecule has 1 aromatic heterocycles. The van der Waals surface area contributed by atoms with E-state index in [1.807, 2.05) is 0 Å². The molecule has 1 atom stereocenters. The lowest BCUT2D eigenvalue weighted by Crippen LogP contribution is -2.15. The fourth-order valence-electron chi connectivity index (χ4n) is 1.85. The third-order valence-corrected chi connectivity index (χ3v) is 2.84. The number of nitrogens with zero attached hydrogens (tertiary/aromatic N) is 2. The maximum Gasteiger partial charge on any atom is 0.211 e. The van der Waals surface area contributed by atoms with Gasteiger partial charge in [0.05, 0.1) is 18.8 Å². The Bertz CT molecular complexity index is 539. The van der Waals surface area contributed by atoms with E-state index in [1.54, 1.807) is 43.1 Å². The highest BCUT2D eigenvalue weighted by Crippen LogP contribution is 2.20. The molecule has 2 rings (SSSR count). The molecular formula is C13H16FN3O. The second kappa shape index (κ2) is 5.18. The molecule has 96 valence electrons. The highest BCUT2D eigenvalue weighted by atomic mass is 19.1. The molecule has 0 aliphatic heterocycles. The van der Waals surface area contributed by atoms with Gasteiger partial charge in [0.25, 0.3) is 0 Å². The fraction of sp³-hybridized carbons (Fsp3) is 0.308. The lowest BCUT2D eigenvalue weighted by atomic mass is 10.0. The van der Waals surface area contributed by atoms with E-state index >= 15 is 0 Å². The van der Waals surface area contributed by atoms with Gasteiger partial charge in [-0.25, -0.2) is 9.07 Å². The van der Waals surface area contributed by atoms with Gasteiger partial charge in [0, 0.05) is 13.1 Å². The summed E-state index contributed by atoms with van der Waals surface area (Å²) in [5.74, 6) is 0.393. The van der Waals surface area contributed by atoms with Crippen LogP contribution in [0.25, 0.3) is 0 Å². The van der Waals surface area contributed by atoms with Gasteiger partial charge >= 0.3 is 0 Å². The van der Waals surface area contributed by atoms with Crippen molar-refractivity contribution in [3.8, 4) is 5.88 Å². The zero-order valence-electron chi connectivity index (χ0n) is 10.4. The van der Waals surface area contributed by atoms with Crippen LogP contribution in [0.2, 0.25) is 0 Å². The smallest absolute Gasteiger partial charge is 0.211 e. The highest BCUT2D eigenvalue weighted by molar-refractivity contribution is 5.23. The molecule has 0 bridgehead atoms. The van der Waals surface area contributed by atoms with Gasteiger partial charge in [0.15, 0.2) is 0 Å². The number of hydrogen-bond donors (Lipinski definition) is 1. The number of aryl methyl sites for hydroxylation is 1. The first-order valence-electron chi connectivity index (χ1n) is 5.68. The first-order chi connectivity index (χ1) is 8.61. The average molecular weight is 249 g/mol. The summed E-state index contributed by atoms with van der Waals surface area (Å²) >= 11 is 0. The summed E-state index contributed by atoms with van der Waals surface area (Å²) in [4.78, 5) is 0. The van der Waals surface area contributed by atoms with Crippen molar-refractivity contribution in [3.63, 3.8) is 0 Å². The van der Waals surface area contributed by atoms with E-state index in [0.29, 0.717) is 23.6 Å². The van der Waals surface area contributed by atoms with E-state index in [9.17, 15) is 4.39 Å². The monoisotopic (exact) mass is 249 g/mol. The molecule has 1 aromatic carbocycles. The fourth-order valence-corrected chi connectivity index (χ4v) is 1.85. The van der Waals surface area contributed by atoms with Crippen molar-refractivity contribution in [2.75, 3.05) is 7.11 Å². The van der Waals surface area contributed by atoms with Crippen LogP contribution >= 0.6 is 0 Å². The van der Waals surface area contributed by atoms with Gasteiger partial charge in [-0.2, -0.15) is 5.10 Å². The highest BCUT2D eigenvalue weighted by Gasteiger charge is 2.15. The number of benzene rings is 1. The predicted octanol–water partition coefficient (Wildman–Crippen LogP) is 1.81. The van der Waals surface area contributed by atoms with Crippen molar-refractivity contribution >= 4 is 0 Å². The van der Waals surface area contributed by atoms with Gasteiger partial charge < -0.3 is 10.5 Å². The summed E-state index contributed by atoms with van der Waals surface area (Å²) in [6, 6.07) is 8.04. The van der Waals surface area contributed by atoms with E-state index in [4.69, 9.17) is 10.5 Å². The Morgan fingerprint density at radius 3 is 2.78 bits per heavy atom. The van der Waals surface area contributed by atoms with Gasteiger partial charge in [0.1, 0.15) is 5.82 Å². The third kappa shape index (κ3) is 2.51. The molecule has 0 aliphatic carbocycles. The van der Waals surface area contributed by atoms with Crippen molar-refractivity contribution in [1.82, 2.24) is 9.78 Å². The van der Waals surface area contributed by atoms with Crippen molar-refractivity contribution in [2.24, 2.45) is 12.8 Å². The topological polar surface area (TPSA) is 53.1 Å².